The molecule has 1 N–H and O–H groups in total. The van der Waals surface area contributed by atoms with E-state index in [0.29, 0.717) is 49.2 Å². The third-order valence-corrected chi connectivity index (χ3v) is 6.20. The van der Waals surface area contributed by atoms with Crippen molar-refractivity contribution >= 4 is 28.7 Å². The van der Waals surface area contributed by atoms with Gasteiger partial charge in [-0.1, -0.05) is 0 Å². The lowest BCUT2D eigenvalue weighted by Gasteiger charge is -2.33. The molecule has 0 radical (unpaired) electrons. The van der Waals surface area contributed by atoms with E-state index in [1.165, 1.54) is 0 Å². The van der Waals surface area contributed by atoms with E-state index >= 15 is 0 Å². The summed E-state index contributed by atoms with van der Waals surface area (Å²) in [4.78, 5) is 54.3. The van der Waals surface area contributed by atoms with Gasteiger partial charge in [-0.25, -0.2) is 9.97 Å². The van der Waals surface area contributed by atoms with E-state index in [0.717, 1.165) is 38.0 Å². The molecule has 1 atom stereocenters. The topological polar surface area (TPSA) is 103 Å². The maximum Gasteiger partial charge on any atom is 0.259 e. The zero-order chi connectivity index (χ0) is 22.0. The summed E-state index contributed by atoms with van der Waals surface area (Å²) in [7, 11) is 3.72. The minimum atomic E-state index is -0.198. The molecule has 2 aromatic rings. The van der Waals surface area contributed by atoms with E-state index in [-0.39, 0.29) is 23.3 Å². The third-order valence-electron chi connectivity index (χ3n) is 6.20. The lowest BCUT2D eigenvalue weighted by Crippen LogP contribution is -2.40. The van der Waals surface area contributed by atoms with E-state index in [1.54, 1.807) is 11.1 Å². The molecule has 0 spiro atoms. The van der Waals surface area contributed by atoms with Crippen molar-refractivity contribution in [2.75, 3.05) is 45.2 Å². The molecular weight excluding hydrogens is 396 g/mol. The molecule has 4 heterocycles. The number of anilines is 1. The Bertz CT molecular complexity index is 1030. The number of hydrogen-bond acceptors (Lipinski definition) is 6. The van der Waals surface area contributed by atoms with Crippen molar-refractivity contribution in [1.29, 1.82) is 0 Å². The molecule has 0 bridgehead atoms. The second-order valence-electron chi connectivity index (χ2n) is 8.68. The predicted molar refractivity (Wildman–Crippen MR) is 118 cm³/mol. The molecule has 2 aliphatic heterocycles. The van der Waals surface area contributed by atoms with Crippen LogP contribution in [0.2, 0.25) is 0 Å². The summed E-state index contributed by atoms with van der Waals surface area (Å²) >= 11 is 0. The van der Waals surface area contributed by atoms with Gasteiger partial charge >= 0.3 is 0 Å². The molecular formula is C22H30N6O3. The van der Waals surface area contributed by atoms with Gasteiger partial charge in [0.1, 0.15) is 0 Å². The fourth-order valence-corrected chi connectivity index (χ4v) is 4.46. The lowest BCUT2D eigenvalue weighted by molar-refractivity contribution is -0.133. The van der Waals surface area contributed by atoms with E-state index < -0.39 is 0 Å². The highest BCUT2D eigenvalue weighted by Gasteiger charge is 2.26. The quantitative estimate of drug-likeness (QED) is 0.751. The second-order valence-corrected chi connectivity index (χ2v) is 8.68. The number of piperidine rings is 1. The minimum absolute atomic E-state index is 0.0766. The molecule has 2 fully saturated rings. The third kappa shape index (κ3) is 4.70. The van der Waals surface area contributed by atoms with Gasteiger partial charge in [-0.15, -0.1) is 0 Å². The van der Waals surface area contributed by atoms with Gasteiger partial charge in [-0.3, -0.25) is 14.4 Å². The van der Waals surface area contributed by atoms with Crippen LogP contribution < -0.4 is 10.5 Å². The number of carbonyl (C=O) groups is 2. The number of carbonyl (C=O) groups excluding carboxylic acids is 2. The van der Waals surface area contributed by atoms with Crippen molar-refractivity contribution in [2.24, 2.45) is 0 Å². The van der Waals surface area contributed by atoms with Crippen LogP contribution in [0.15, 0.2) is 17.1 Å². The standard InChI is InChI=1S/C22H30N6O3/c1-26(2)22-23-13-16-18(25-22)12-17(24-21(16)31)15-6-3-11-28(14-15)20(30)8-5-10-27-9-4-7-19(27)29/h12-13,15H,3-11,14H2,1-2H3,(H,24,31). The van der Waals surface area contributed by atoms with Gasteiger partial charge in [-0.05, 0) is 31.7 Å². The van der Waals surface area contributed by atoms with Crippen LogP contribution in [0.1, 0.15) is 50.1 Å². The highest BCUT2D eigenvalue weighted by Crippen LogP contribution is 2.27. The van der Waals surface area contributed by atoms with Crippen LogP contribution in [0.3, 0.4) is 0 Å². The van der Waals surface area contributed by atoms with Crippen LogP contribution in [0, 0.1) is 0 Å². The number of pyridine rings is 1. The number of fused-ring (bicyclic) bond motifs is 1. The Balaban J connectivity index is 1.42. The maximum atomic E-state index is 12.8. The Labute approximate surface area is 181 Å². The summed E-state index contributed by atoms with van der Waals surface area (Å²) in [5.74, 6) is 0.956. The van der Waals surface area contributed by atoms with Crippen molar-refractivity contribution in [3.05, 3.63) is 28.3 Å². The van der Waals surface area contributed by atoms with Crippen LogP contribution in [-0.2, 0) is 9.59 Å². The summed E-state index contributed by atoms with van der Waals surface area (Å²) in [5.41, 5.74) is 1.24. The zero-order valence-corrected chi connectivity index (χ0v) is 18.3. The highest BCUT2D eigenvalue weighted by molar-refractivity contribution is 5.79. The van der Waals surface area contributed by atoms with Crippen LogP contribution >= 0.6 is 0 Å². The van der Waals surface area contributed by atoms with Gasteiger partial charge in [0.15, 0.2) is 0 Å². The molecule has 4 rings (SSSR count). The largest absolute Gasteiger partial charge is 0.347 e. The van der Waals surface area contributed by atoms with Gasteiger partial charge in [-0.2, -0.15) is 0 Å². The first-order valence-corrected chi connectivity index (χ1v) is 11.0. The Morgan fingerprint density at radius 2 is 2.10 bits per heavy atom. The van der Waals surface area contributed by atoms with Gasteiger partial charge in [0.25, 0.3) is 5.56 Å². The summed E-state index contributed by atoms with van der Waals surface area (Å²) < 4.78 is 0. The van der Waals surface area contributed by atoms with E-state index in [4.69, 9.17) is 0 Å². The van der Waals surface area contributed by atoms with Crippen LogP contribution in [0.4, 0.5) is 5.95 Å². The summed E-state index contributed by atoms with van der Waals surface area (Å²) in [6.07, 6.45) is 6.07. The fraction of sp³-hybridized carbons (Fsp3) is 0.591. The normalized spacial score (nSPS) is 19.3. The van der Waals surface area contributed by atoms with Gasteiger partial charge in [0, 0.05) is 70.9 Å². The first kappa shape index (κ1) is 21.3. The molecule has 2 saturated heterocycles. The summed E-state index contributed by atoms with van der Waals surface area (Å²) in [5, 5.41) is 0.467. The molecule has 1 unspecified atom stereocenters. The van der Waals surface area contributed by atoms with Crippen molar-refractivity contribution in [1.82, 2.24) is 24.8 Å². The minimum Gasteiger partial charge on any atom is -0.347 e. The SMILES string of the molecule is CN(C)c1ncc2c(=O)[nH]c(C3CCCN(C(=O)CCCN4CCCC4=O)C3)cc2n1. The maximum absolute atomic E-state index is 12.8. The molecule has 166 valence electrons. The predicted octanol–water partition coefficient (Wildman–Crippen LogP) is 1.49. The first-order valence-electron chi connectivity index (χ1n) is 11.0. The summed E-state index contributed by atoms with van der Waals surface area (Å²) in [6.45, 7) is 2.80. The molecule has 9 heteroatoms. The number of rotatable bonds is 6. The number of hydrogen-bond donors (Lipinski definition) is 1. The number of H-pyrrole nitrogens is 1. The zero-order valence-electron chi connectivity index (χ0n) is 18.3. The Morgan fingerprint density at radius 3 is 2.84 bits per heavy atom. The molecule has 0 aliphatic carbocycles. The van der Waals surface area contributed by atoms with Crippen LogP contribution in [0.5, 0.6) is 0 Å². The number of aromatic amines is 1. The molecule has 2 aliphatic rings. The van der Waals surface area contributed by atoms with E-state index in [9.17, 15) is 14.4 Å². The van der Waals surface area contributed by atoms with Gasteiger partial charge < -0.3 is 19.7 Å². The monoisotopic (exact) mass is 426 g/mol. The average Bonchev–Trinajstić information content (AvgIpc) is 3.18. The number of amides is 2. The average molecular weight is 427 g/mol. The Hall–Kier alpha value is -2.97. The van der Waals surface area contributed by atoms with E-state index in [1.807, 2.05) is 30.0 Å². The Kier molecular flexibility index (Phi) is 6.20. The summed E-state index contributed by atoms with van der Waals surface area (Å²) in [6, 6.07) is 1.92. The number of nitrogens with zero attached hydrogens (tertiary/aromatic N) is 5. The number of nitrogens with one attached hydrogen (secondary N) is 1. The molecule has 2 amide bonds. The highest BCUT2D eigenvalue weighted by atomic mass is 16.2. The van der Waals surface area contributed by atoms with Crippen LogP contribution in [0.25, 0.3) is 10.9 Å². The second kappa shape index (κ2) is 9.03. The van der Waals surface area contributed by atoms with Gasteiger partial charge in [0.2, 0.25) is 17.8 Å². The fourth-order valence-electron chi connectivity index (χ4n) is 4.46. The first-order chi connectivity index (χ1) is 14.9. The van der Waals surface area contributed by atoms with Gasteiger partial charge in [0.05, 0.1) is 10.9 Å². The van der Waals surface area contributed by atoms with Crippen molar-refractivity contribution in [2.45, 2.75) is 44.4 Å². The van der Waals surface area contributed by atoms with Crippen molar-refractivity contribution < 1.29 is 9.59 Å². The molecule has 9 nitrogen and oxygen atoms in total. The Morgan fingerprint density at radius 1 is 1.26 bits per heavy atom. The smallest absolute Gasteiger partial charge is 0.259 e. The van der Waals surface area contributed by atoms with Crippen molar-refractivity contribution in [3.63, 3.8) is 0 Å². The number of likely N-dealkylation sites (tertiary alicyclic amines) is 2. The molecule has 0 aromatic carbocycles. The number of aromatic nitrogens is 3. The van der Waals surface area contributed by atoms with Crippen LogP contribution in [-0.4, -0.2) is 76.8 Å². The molecule has 2 aromatic heterocycles. The van der Waals surface area contributed by atoms with E-state index in [2.05, 4.69) is 15.0 Å². The lowest BCUT2D eigenvalue weighted by atomic mass is 9.93. The molecule has 31 heavy (non-hydrogen) atoms. The molecule has 0 saturated carbocycles. The van der Waals surface area contributed by atoms with Crippen molar-refractivity contribution in [3.8, 4) is 0 Å².